The number of carbonyl (C=O) groups excluding carboxylic acids is 2. The van der Waals surface area contributed by atoms with E-state index in [9.17, 15) is 22.8 Å². The van der Waals surface area contributed by atoms with Crippen LogP contribution in [-0.4, -0.2) is 17.9 Å². The van der Waals surface area contributed by atoms with Gasteiger partial charge in [-0.15, -0.1) is 11.6 Å². The zero-order valence-corrected chi connectivity index (χ0v) is 9.52. The molecule has 92 valence electrons. The van der Waals surface area contributed by atoms with Gasteiger partial charge in [0.05, 0.1) is 11.4 Å². The molecule has 0 unspecified atom stereocenters. The first-order valence-corrected chi connectivity index (χ1v) is 5.11. The molecular formula is C11H8ClF3O2. The molecule has 2 nitrogen and oxygen atoms in total. The number of halogens is 4. The summed E-state index contributed by atoms with van der Waals surface area (Å²) in [4.78, 5) is 21.9. The molecule has 0 spiro atoms. The summed E-state index contributed by atoms with van der Waals surface area (Å²) >= 11 is 5.30. The smallest absolute Gasteiger partial charge is 0.298 e. The maximum Gasteiger partial charge on any atom is 0.417 e. The molecule has 17 heavy (non-hydrogen) atoms. The van der Waals surface area contributed by atoms with Crippen LogP contribution in [-0.2, 0) is 6.18 Å². The molecule has 0 atom stereocenters. The second-order valence-electron chi connectivity index (χ2n) is 3.43. The molecule has 0 heterocycles. The zero-order valence-electron chi connectivity index (χ0n) is 8.77. The Kier molecular flexibility index (Phi) is 3.93. The van der Waals surface area contributed by atoms with Gasteiger partial charge in [0.1, 0.15) is 0 Å². The lowest BCUT2D eigenvalue weighted by Crippen LogP contribution is -2.13. The number of hydrogen-bond donors (Lipinski definition) is 0. The van der Waals surface area contributed by atoms with Crippen molar-refractivity contribution in [3.63, 3.8) is 0 Å². The van der Waals surface area contributed by atoms with E-state index in [1.54, 1.807) is 0 Å². The second-order valence-corrected chi connectivity index (χ2v) is 3.69. The molecule has 0 saturated heterocycles. The average Bonchev–Trinajstić information content (AvgIpc) is 2.25. The highest BCUT2D eigenvalue weighted by molar-refractivity contribution is 6.30. The number of ketones is 1. The van der Waals surface area contributed by atoms with Crippen molar-refractivity contribution < 1.29 is 22.8 Å². The predicted octanol–water partition coefficient (Wildman–Crippen LogP) is 3.25. The normalized spacial score (nSPS) is 11.4. The van der Waals surface area contributed by atoms with Gasteiger partial charge in [-0.05, 0) is 24.6 Å². The number of hydrogen-bond acceptors (Lipinski definition) is 2. The van der Waals surface area contributed by atoms with Gasteiger partial charge in [0.2, 0.25) is 0 Å². The third-order valence-electron chi connectivity index (χ3n) is 2.25. The molecule has 6 heteroatoms. The van der Waals surface area contributed by atoms with Crippen LogP contribution in [0.25, 0.3) is 0 Å². The summed E-state index contributed by atoms with van der Waals surface area (Å²) in [6.07, 6.45) is -4.56. The molecular weight excluding hydrogens is 257 g/mol. The predicted molar refractivity (Wildman–Crippen MR) is 56.6 cm³/mol. The summed E-state index contributed by atoms with van der Waals surface area (Å²) in [6.45, 7) is 1.45. The van der Waals surface area contributed by atoms with Crippen LogP contribution in [0.4, 0.5) is 13.2 Å². The first-order chi connectivity index (χ1) is 7.81. The minimum Gasteiger partial charge on any atom is -0.298 e. The summed E-state index contributed by atoms with van der Waals surface area (Å²) in [7, 11) is 0. The van der Waals surface area contributed by atoms with Crippen molar-refractivity contribution in [1.82, 2.24) is 0 Å². The number of Topliss-reactive ketones (excluding diaryl/α,β-unsaturated/α-hetero) is 1. The van der Waals surface area contributed by atoms with Crippen LogP contribution in [0, 0.1) is 6.92 Å². The average molecular weight is 265 g/mol. The molecule has 0 aliphatic carbocycles. The molecule has 0 aromatic heterocycles. The molecule has 0 radical (unpaired) electrons. The molecule has 1 aromatic rings. The van der Waals surface area contributed by atoms with Gasteiger partial charge in [-0.2, -0.15) is 13.2 Å². The topological polar surface area (TPSA) is 34.1 Å². The first kappa shape index (κ1) is 13.7. The van der Waals surface area contributed by atoms with Crippen LogP contribution < -0.4 is 0 Å². The summed E-state index contributed by atoms with van der Waals surface area (Å²) in [6, 6.07) is 1.71. The molecule has 0 N–H and O–H groups in total. The molecule has 0 saturated carbocycles. The van der Waals surface area contributed by atoms with E-state index >= 15 is 0 Å². The molecule has 1 rings (SSSR count). The summed E-state index contributed by atoms with van der Waals surface area (Å²) < 4.78 is 37.8. The van der Waals surface area contributed by atoms with Gasteiger partial charge in [0.25, 0.3) is 0 Å². The maximum atomic E-state index is 12.6. The standard InChI is InChI=1S/C11H8ClF3O2/c1-6-2-7(5-16)9(11(13,14)15)3-8(6)10(17)4-12/h2-3,5H,4H2,1H3. The summed E-state index contributed by atoms with van der Waals surface area (Å²) in [5.74, 6) is -1.01. The Morgan fingerprint density at radius 2 is 2.00 bits per heavy atom. The van der Waals surface area contributed by atoms with Crippen molar-refractivity contribution >= 4 is 23.7 Å². The van der Waals surface area contributed by atoms with Crippen molar-refractivity contribution in [1.29, 1.82) is 0 Å². The lowest BCUT2D eigenvalue weighted by atomic mass is 9.97. The second kappa shape index (κ2) is 4.87. The molecule has 0 bridgehead atoms. The van der Waals surface area contributed by atoms with E-state index in [1.807, 2.05) is 0 Å². The van der Waals surface area contributed by atoms with Crippen LogP contribution in [0.1, 0.15) is 31.8 Å². The van der Waals surface area contributed by atoms with Gasteiger partial charge >= 0.3 is 6.18 Å². The van der Waals surface area contributed by atoms with Gasteiger partial charge < -0.3 is 0 Å². The van der Waals surface area contributed by atoms with Crippen molar-refractivity contribution in [2.75, 3.05) is 5.88 Å². The van der Waals surface area contributed by atoms with E-state index in [4.69, 9.17) is 11.6 Å². The Hall–Kier alpha value is -1.36. The van der Waals surface area contributed by atoms with E-state index in [1.165, 1.54) is 6.92 Å². The molecule has 0 aliphatic heterocycles. The SMILES string of the molecule is Cc1cc(C=O)c(C(F)(F)F)cc1C(=O)CCl. The molecule has 1 aromatic carbocycles. The van der Waals surface area contributed by atoms with Gasteiger partial charge in [0, 0.05) is 11.1 Å². The minimum atomic E-state index is -4.68. The maximum absolute atomic E-state index is 12.6. The van der Waals surface area contributed by atoms with Gasteiger partial charge in [-0.25, -0.2) is 0 Å². The number of aryl methyl sites for hydroxylation is 1. The lowest BCUT2D eigenvalue weighted by molar-refractivity contribution is -0.137. The van der Waals surface area contributed by atoms with Crippen LogP contribution in [0.2, 0.25) is 0 Å². The highest BCUT2D eigenvalue weighted by Gasteiger charge is 2.34. The van der Waals surface area contributed by atoms with Gasteiger partial charge in [-0.1, -0.05) is 0 Å². The Balaban J connectivity index is 3.48. The van der Waals surface area contributed by atoms with E-state index < -0.39 is 29.0 Å². The third-order valence-corrected chi connectivity index (χ3v) is 2.49. The van der Waals surface area contributed by atoms with E-state index in [-0.39, 0.29) is 11.8 Å². The fraction of sp³-hybridized carbons (Fsp3) is 0.273. The van der Waals surface area contributed by atoms with Crippen LogP contribution in [0.3, 0.4) is 0 Å². The largest absolute Gasteiger partial charge is 0.417 e. The van der Waals surface area contributed by atoms with Crippen LogP contribution in [0.15, 0.2) is 12.1 Å². The van der Waals surface area contributed by atoms with E-state index in [0.717, 1.165) is 6.07 Å². The summed E-state index contributed by atoms with van der Waals surface area (Å²) in [5.41, 5.74) is -1.42. The third kappa shape index (κ3) is 2.85. The fourth-order valence-corrected chi connectivity index (χ4v) is 1.59. The van der Waals surface area contributed by atoms with Crippen LogP contribution in [0.5, 0.6) is 0 Å². The van der Waals surface area contributed by atoms with Crippen molar-refractivity contribution in [2.45, 2.75) is 13.1 Å². The van der Waals surface area contributed by atoms with E-state index in [2.05, 4.69) is 0 Å². The summed E-state index contributed by atoms with van der Waals surface area (Å²) in [5, 5.41) is 0. The Labute approximate surface area is 100 Å². The monoisotopic (exact) mass is 264 g/mol. The van der Waals surface area contributed by atoms with Crippen molar-refractivity contribution in [3.05, 3.63) is 34.4 Å². The number of benzene rings is 1. The molecule has 0 aliphatic rings. The number of aldehydes is 1. The Morgan fingerprint density at radius 1 is 1.41 bits per heavy atom. The Bertz CT molecular complexity index is 467. The number of rotatable bonds is 3. The highest BCUT2D eigenvalue weighted by Crippen LogP contribution is 2.33. The highest BCUT2D eigenvalue weighted by atomic mass is 35.5. The van der Waals surface area contributed by atoms with Gasteiger partial charge in [-0.3, -0.25) is 9.59 Å². The number of carbonyl (C=O) groups is 2. The fourth-order valence-electron chi connectivity index (χ4n) is 1.45. The number of alkyl halides is 4. The minimum absolute atomic E-state index is 0.113. The molecule has 0 amide bonds. The van der Waals surface area contributed by atoms with Crippen molar-refractivity contribution in [2.24, 2.45) is 0 Å². The Morgan fingerprint density at radius 3 is 2.41 bits per heavy atom. The first-order valence-electron chi connectivity index (χ1n) is 4.57. The quantitative estimate of drug-likeness (QED) is 0.477. The lowest BCUT2D eigenvalue weighted by Gasteiger charge is -2.12. The van der Waals surface area contributed by atoms with Gasteiger partial charge in [0.15, 0.2) is 12.1 Å². The zero-order chi connectivity index (χ0) is 13.2. The molecule has 0 fully saturated rings. The van der Waals surface area contributed by atoms with Crippen LogP contribution >= 0.6 is 11.6 Å². The van der Waals surface area contributed by atoms with E-state index in [0.29, 0.717) is 11.6 Å². The van der Waals surface area contributed by atoms with Crippen molar-refractivity contribution in [3.8, 4) is 0 Å².